The predicted molar refractivity (Wildman–Crippen MR) is 90.2 cm³/mol. The van der Waals surface area contributed by atoms with Gasteiger partial charge < -0.3 is 10.1 Å². The van der Waals surface area contributed by atoms with Crippen LogP contribution < -0.4 is 10.1 Å². The Balaban J connectivity index is 2.17. The largest absolute Gasteiger partial charge is 0.480 e. The number of benzene rings is 2. The summed E-state index contributed by atoms with van der Waals surface area (Å²) in [6.45, 7) is 0. The molecule has 0 bridgehead atoms. The van der Waals surface area contributed by atoms with E-state index in [1.54, 1.807) is 20.2 Å². The average Bonchev–Trinajstić information content (AvgIpc) is 3.02. The van der Waals surface area contributed by atoms with Crippen molar-refractivity contribution in [2.24, 2.45) is 0 Å². The maximum absolute atomic E-state index is 11.9. The summed E-state index contributed by atoms with van der Waals surface area (Å²) in [4.78, 5) is 11.9. The minimum atomic E-state index is -0.150. The lowest BCUT2D eigenvalue weighted by atomic mass is 9.96. The Morgan fingerprint density at radius 3 is 2.65 bits per heavy atom. The number of aromatic amines is 1. The highest BCUT2D eigenvalue weighted by molar-refractivity contribution is 6.00. The number of nitrogens with zero attached hydrogens (tertiary/aromatic N) is 1. The van der Waals surface area contributed by atoms with Crippen LogP contribution in [0.2, 0.25) is 0 Å². The lowest BCUT2D eigenvalue weighted by molar-refractivity contribution is -0.116. The number of amides is 1. The summed E-state index contributed by atoms with van der Waals surface area (Å²) in [6.07, 6.45) is 1.60. The molecule has 0 radical (unpaired) electrons. The molecule has 0 aliphatic carbocycles. The van der Waals surface area contributed by atoms with Crippen molar-refractivity contribution in [2.45, 2.75) is 0 Å². The van der Waals surface area contributed by atoms with Gasteiger partial charge in [-0.3, -0.25) is 9.89 Å². The van der Waals surface area contributed by atoms with Crippen molar-refractivity contribution in [3.8, 4) is 5.88 Å². The molecular weight excluding hydrogens is 290 g/mol. The Labute approximate surface area is 134 Å². The monoisotopic (exact) mass is 307 g/mol. The number of aromatic nitrogens is 2. The van der Waals surface area contributed by atoms with E-state index in [1.165, 1.54) is 0 Å². The van der Waals surface area contributed by atoms with E-state index in [0.717, 1.165) is 27.6 Å². The summed E-state index contributed by atoms with van der Waals surface area (Å²) < 4.78 is 5.27. The van der Waals surface area contributed by atoms with Crippen molar-refractivity contribution in [2.75, 3.05) is 14.2 Å². The normalized spacial score (nSPS) is 11.5. The number of likely N-dealkylation sites (N-methyl/N-ethyl adjacent to an activating group) is 1. The van der Waals surface area contributed by atoms with Crippen LogP contribution in [0.25, 0.3) is 16.5 Å². The van der Waals surface area contributed by atoms with Crippen molar-refractivity contribution in [3.63, 3.8) is 0 Å². The molecular formula is C18H17N3O2. The van der Waals surface area contributed by atoms with Crippen LogP contribution in [0.5, 0.6) is 5.88 Å². The number of ether oxygens (including phenoxy) is 1. The van der Waals surface area contributed by atoms with Gasteiger partial charge in [-0.2, -0.15) is 0 Å². The molecule has 1 aromatic heterocycles. The molecule has 23 heavy (non-hydrogen) atoms. The number of nitrogens with one attached hydrogen (secondary N) is 2. The van der Waals surface area contributed by atoms with E-state index in [4.69, 9.17) is 4.74 Å². The Morgan fingerprint density at radius 2 is 1.96 bits per heavy atom. The molecule has 116 valence electrons. The number of carbonyl (C=O) groups is 1. The SMILES string of the molecule is CNC(=O)C=C(c1ccccc1)c1ccc2[nH]nc(OC)c2c1. The third-order valence-electron chi connectivity index (χ3n) is 3.64. The first-order valence-corrected chi connectivity index (χ1v) is 7.24. The lowest BCUT2D eigenvalue weighted by Crippen LogP contribution is -2.15. The molecule has 2 aromatic carbocycles. The standard InChI is InChI=1S/C18H17N3O2/c1-19-17(22)11-14(12-6-4-3-5-7-12)13-8-9-16-15(10-13)18(23-2)21-20-16/h3-11H,1-2H3,(H,19,22)(H,20,21). The Morgan fingerprint density at radius 1 is 1.17 bits per heavy atom. The zero-order chi connectivity index (χ0) is 16.2. The van der Waals surface area contributed by atoms with Gasteiger partial charge in [0.2, 0.25) is 11.8 Å². The Kier molecular flexibility index (Phi) is 4.10. The van der Waals surface area contributed by atoms with Gasteiger partial charge in [-0.05, 0) is 28.8 Å². The van der Waals surface area contributed by atoms with E-state index in [0.29, 0.717) is 5.88 Å². The van der Waals surface area contributed by atoms with Crippen molar-refractivity contribution in [1.82, 2.24) is 15.5 Å². The van der Waals surface area contributed by atoms with Crippen LogP contribution in [0.4, 0.5) is 0 Å². The van der Waals surface area contributed by atoms with Crippen LogP contribution in [0, 0.1) is 0 Å². The first kappa shape index (κ1) is 14.8. The van der Waals surface area contributed by atoms with Gasteiger partial charge in [0.1, 0.15) is 0 Å². The first-order valence-electron chi connectivity index (χ1n) is 7.24. The first-order chi connectivity index (χ1) is 11.2. The van der Waals surface area contributed by atoms with Crippen LogP contribution in [-0.2, 0) is 4.79 Å². The van der Waals surface area contributed by atoms with Crippen LogP contribution in [0.3, 0.4) is 0 Å². The fraction of sp³-hybridized carbons (Fsp3) is 0.111. The average molecular weight is 307 g/mol. The predicted octanol–water partition coefficient (Wildman–Crippen LogP) is 2.75. The second kappa shape index (κ2) is 6.36. The van der Waals surface area contributed by atoms with Gasteiger partial charge >= 0.3 is 0 Å². The van der Waals surface area contributed by atoms with Gasteiger partial charge in [0, 0.05) is 13.1 Å². The van der Waals surface area contributed by atoms with E-state index in [9.17, 15) is 4.79 Å². The molecule has 0 atom stereocenters. The van der Waals surface area contributed by atoms with Crippen molar-refractivity contribution in [1.29, 1.82) is 0 Å². The summed E-state index contributed by atoms with van der Waals surface area (Å²) in [7, 11) is 3.20. The number of rotatable bonds is 4. The van der Waals surface area contributed by atoms with Gasteiger partial charge in [-0.25, -0.2) is 0 Å². The van der Waals surface area contributed by atoms with E-state index in [1.807, 2.05) is 48.5 Å². The summed E-state index contributed by atoms with van der Waals surface area (Å²) in [5.74, 6) is 0.386. The fourth-order valence-electron chi connectivity index (χ4n) is 2.47. The molecule has 0 saturated heterocycles. The van der Waals surface area contributed by atoms with Gasteiger partial charge in [-0.15, -0.1) is 5.10 Å². The highest BCUT2D eigenvalue weighted by Crippen LogP contribution is 2.29. The number of carbonyl (C=O) groups excluding carboxylic acids is 1. The minimum absolute atomic E-state index is 0.150. The van der Waals surface area contributed by atoms with Crippen LogP contribution in [0.15, 0.2) is 54.6 Å². The second-order valence-electron chi connectivity index (χ2n) is 5.03. The maximum atomic E-state index is 11.9. The van der Waals surface area contributed by atoms with Crippen LogP contribution in [0.1, 0.15) is 11.1 Å². The number of hydrogen-bond donors (Lipinski definition) is 2. The Bertz CT molecular complexity index is 866. The third kappa shape index (κ3) is 2.94. The number of H-pyrrole nitrogens is 1. The van der Waals surface area contributed by atoms with Gasteiger partial charge in [0.25, 0.3) is 0 Å². The second-order valence-corrected chi connectivity index (χ2v) is 5.03. The minimum Gasteiger partial charge on any atom is -0.480 e. The summed E-state index contributed by atoms with van der Waals surface area (Å²) >= 11 is 0. The molecule has 0 aliphatic heterocycles. The molecule has 1 amide bonds. The molecule has 0 saturated carbocycles. The van der Waals surface area contributed by atoms with Crippen molar-refractivity contribution < 1.29 is 9.53 Å². The number of fused-ring (bicyclic) bond motifs is 1. The molecule has 0 unspecified atom stereocenters. The van der Waals surface area contributed by atoms with E-state index < -0.39 is 0 Å². The highest BCUT2D eigenvalue weighted by Gasteiger charge is 2.11. The molecule has 0 fully saturated rings. The summed E-state index contributed by atoms with van der Waals surface area (Å²) in [5.41, 5.74) is 3.62. The quantitative estimate of drug-likeness (QED) is 0.728. The van der Waals surface area contributed by atoms with Crippen LogP contribution >= 0.6 is 0 Å². The fourth-order valence-corrected chi connectivity index (χ4v) is 2.47. The topological polar surface area (TPSA) is 67.0 Å². The van der Waals surface area contributed by atoms with Crippen molar-refractivity contribution >= 4 is 22.4 Å². The molecule has 2 N–H and O–H groups in total. The Hall–Kier alpha value is -3.08. The smallest absolute Gasteiger partial charge is 0.244 e. The summed E-state index contributed by atoms with van der Waals surface area (Å²) in [5, 5.41) is 10.6. The van der Waals surface area contributed by atoms with Gasteiger partial charge in [0.15, 0.2) is 0 Å². The highest BCUT2D eigenvalue weighted by atomic mass is 16.5. The summed E-state index contributed by atoms with van der Waals surface area (Å²) in [6, 6.07) is 15.7. The molecule has 3 aromatic rings. The molecule has 0 aliphatic rings. The van der Waals surface area contributed by atoms with Crippen LogP contribution in [-0.4, -0.2) is 30.3 Å². The maximum Gasteiger partial charge on any atom is 0.244 e. The van der Waals surface area contributed by atoms with Gasteiger partial charge in [-0.1, -0.05) is 36.4 Å². The zero-order valence-electron chi connectivity index (χ0n) is 13.0. The van der Waals surface area contributed by atoms with E-state index in [-0.39, 0.29) is 5.91 Å². The molecule has 5 heteroatoms. The zero-order valence-corrected chi connectivity index (χ0v) is 13.0. The lowest BCUT2D eigenvalue weighted by Gasteiger charge is -2.09. The third-order valence-corrected chi connectivity index (χ3v) is 3.64. The van der Waals surface area contributed by atoms with E-state index >= 15 is 0 Å². The van der Waals surface area contributed by atoms with E-state index in [2.05, 4.69) is 15.5 Å². The molecule has 0 spiro atoms. The molecule has 1 heterocycles. The number of methoxy groups -OCH3 is 1. The molecule has 5 nitrogen and oxygen atoms in total. The van der Waals surface area contributed by atoms with Gasteiger partial charge in [0.05, 0.1) is 18.0 Å². The number of hydrogen-bond acceptors (Lipinski definition) is 3. The van der Waals surface area contributed by atoms with Crippen molar-refractivity contribution in [3.05, 3.63) is 65.7 Å². The molecule has 3 rings (SSSR count).